The van der Waals surface area contributed by atoms with Crippen LogP contribution in [0.1, 0.15) is 17.5 Å². The van der Waals surface area contributed by atoms with Crippen LogP contribution in [-0.4, -0.2) is 24.5 Å². The summed E-state index contributed by atoms with van der Waals surface area (Å²) in [6, 6.07) is 18.7. The van der Waals surface area contributed by atoms with E-state index >= 15 is 0 Å². The van der Waals surface area contributed by atoms with Crippen molar-refractivity contribution in [3.05, 3.63) is 65.7 Å². The van der Waals surface area contributed by atoms with Crippen molar-refractivity contribution in [3.8, 4) is 0 Å². The van der Waals surface area contributed by atoms with E-state index in [-0.39, 0.29) is 12.1 Å². The maximum absolute atomic E-state index is 9.90. The predicted octanol–water partition coefficient (Wildman–Crippen LogP) is 3.58. The topological polar surface area (TPSA) is 32.3 Å². The van der Waals surface area contributed by atoms with Gasteiger partial charge in [-0.05, 0) is 38.1 Å². The smallest absolute Gasteiger partial charge is 0.0674 e. The quantitative estimate of drug-likeness (QED) is 0.767. The highest BCUT2D eigenvalue weighted by molar-refractivity contribution is 7.99. The molecule has 0 radical (unpaired) electrons. The highest BCUT2D eigenvalue weighted by Crippen LogP contribution is 2.28. The molecule has 0 amide bonds. The van der Waals surface area contributed by atoms with Gasteiger partial charge in [-0.3, -0.25) is 0 Å². The molecular weight excluding hydrogens is 278 g/mol. The summed E-state index contributed by atoms with van der Waals surface area (Å²) >= 11 is 1.84. The molecular formula is C18H23NOS. The van der Waals surface area contributed by atoms with Crippen LogP contribution in [0.3, 0.4) is 0 Å². The van der Waals surface area contributed by atoms with Crippen molar-refractivity contribution < 1.29 is 5.11 Å². The average molecular weight is 301 g/mol. The van der Waals surface area contributed by atoms with Gasteiger partial charge in [0, 0.05) is 10.6 Å². The molecule has 0 aromatic heterocycles. The molecule has 2 aromatic rings. The summed E-state index contributed by atoms with van der Waals surface area (Å²) in [4.78, 5) is 1.28. The summed E-state index contributed by atoms with van der Waals surface area (Å²) in [5.41, 5.74) is 2.06. The second-order valence-corrected chi connectivity index (χ2v) is 6.44. The minimum Gasteiger partial charge on any atom is -0.394 e. The molecule has 0 aliphatic carbocycles. The van der Waals surface area contributed by atoms with Gasteiger partial charge in [0.25, 0.3) is 0 Å². The zero-order valence-electron chi connectivity index (χ0n) is 12.7. The van der Waals surface area contributed by atoms with Crippen molar-refractivity contribution in [2.24, 2.45) is 0 Å². The van der Waals surface area contributed by atoms with Gasteiger partial charge < -0.3 is 10.4 Å². The number of likely N-dealkylation sites (N-methyl/N-ethyl adjacent to an activating group) is 1. The second kappa shape index (κ2) is 7.64. The number of thioether (sulfide) groups is 1. The fraction of sp³-hybridized carbons (Fsp3) is 0.333. The fourth-order valence-corrected chi connectivity index (χ4v) is 3.60. The number of hydrogen-bond donors (Lipinski definition) is 2. The number of aliphatic hydroxyl groups is 1. The Bertz CT molecular complexity index is 552. The van der Waals surface area contributed by atoms with E-state index in [9.17, 15) is 5.11 Å². The van der Waals surface area contributed by atoms with E-state index in [1.54, 1.807) is 0 Å². The van der Waals surface area contributed by atoms with Crippen molar-refractivity contribution in [1.82, 2.24) is 5.32 Å². The molecule has 0 aliphatic heterocycles. The van der Waals surface area contributed by atoms with E-state index in [1.165, 1.54) is 10.5 Å². The van der Waals surface area contributed by atoms with Gasteiger partial charge in [-0.15, -0.1) is 11.8 Å². The summed E-state index contributed by atoms with van der Waals surface area (Å²) in [7, 11) is 1.92. The van der Waals surface area contributed by atoms with E-state index in [2.05, 4.69) is 48.6 Å². The van der Waals surface area contributed by atoms with E-state index in [0.29, 0.717) is 0 Å². The van der Waals surface area contributed by atoms with Crippen molar-refractivity contribution >= 4 is 11.8 Å². The lowest BCUT2D eigenvalue weighted by Crippen LogP contribution is -2.44. The minimum absolute atomic E-state index is 0.0991. The van der Waals surface area contributed by atoms with Crippen LogP contribution in [0, 0.1) is 6.92 Å². The summed E-state index contributed by atoms with van der Waals surface area (Å²) in [6.07, 6.45) is 0.878. The van der Waals surface area contributed by atoms with Gasteiger partial charge in [0.15, 0.2) is 0 Å². The lowest BCUT2D eigenvalue weighted by atomic mass is 9.88. The minimum atomic E-state index is -0.363. The molecule has 1 atom stereocenters. The second-order valence-electron chi connectivity index (χ2n) is 5.27. The summed E-state index contributed by atoms with van der Waals surface area (Å²) in [5.74, 6) is 0.958. The molecule has 0 spiro atoms. The first-order valence-electron chi connectivity index (χ1n) is 7.25. The van der Waals surface area contributed by atoms with Crippen molar-refractivity contribution in [2.75, 3.05) is 19.4 Å². The first-order chi connectivity index (χ1) is 10.2. The van der Waals surface area contributed by atoms with Gasteiger partial charge in [0.05, 0.1) is 12.1 Å². The number of nitrogens with one attached hydrogen (secondary N) is 1. The van der Waals surface area contributed by atoms with Crippen LogP contribution < -0.4 is 5.32 Å². The summed E-state index contributed by atoms with van der Waals surface area (Å²) in [5, 5.41) is 13.2. The Morgan fingerprint density at radius 3 is 2.48 bits per heavy atom. The van der Waals surface area contributed by atoms with Crippen molar-refractivity contribution in [3.63, 3.8) is 0 Å². The Balaban J connectivity index is 2.04. The molecule has 0 fully saturated rings. The number of aryl methyl sites for hydroxylation is 1. The summed E-state index contributed by atoms with van der Waals surface area (Å²) in [6.45, 7) is 2.21. The van der Waals surface area contributed by atoms with Crippen molar-refractivity contribution in [1.29, 1.82) is 0 Å². The van der Waals surface area contributed by atoms with Crippen LogP contribution in [0.25, 0.3) is 0 Å². The standard InChI is InChI=1S/C18H23NOS/c1-15-7-6-10-17(13-15)21-12-11-18(14-20,19-2)16-8-4-3-5-9-16/h3-10,13,19-20H,11-12,14H2,1-2H3. The van der Waals surface area contributed by atoms with E-state index in [0.717, 1.165) is 17.7 Å². The Morgan fingerprint density at radius 2 is 1.86 bits per heavy atom. The molecule has 0 saturated carbocycles. The lowest BCUT2D eigenvalue weighted by Gasteiger charge is -2.32. The molecule has 1 unspecified atom stereocenters. The van der Waals surface area contributed by atoms with Gasteiger partial charge in [0.1, 0.15) is 0 Å². The third kappa shape index (κ3) is 4.10. The SMILES string of the molecule is CNC(CO)(CCSc1cccc(C)c1)c1ccccc1. The van der Waals surface area contributed by atoms with E-state index < -0.39 is 0 Å². The van der Waals surface area contributed by atoms with Crippen LogP contribution in [-0.2, 0) is 5.54 Å². The van der Waals surface area contributed by atoms with Gasteiger partial charge >= 0.3 is 0 Å². The molecule has 2 nitrogen and oxygen atoms in total. The molecule has 2 aromatic carbocycles. The van der Waals surface area contributed by atoms with Crippen LogP contribution >= 0.6 is 11.8 Å². The zero-order valence-corrected chi connectivity index (χ0v) is 13.5. The molecule has 0 aliphatic rings. The van der Waals surface area contributed by atoms with Gasteiger partial charge in [-0.2, -0.15) is 0 Å². The Kier molecular flexibility index (Phi) is 5.85. The molecule has 0 bridgehead atoms. The predicted molar refractivity (Wildman–Crippen MR) is 90.8 cm³/mol. The molecule has 3 heteroatoms. The highest BCUT2D eigenvalue weighted by atomic mass is 32.2. The molecule has 0 heterocycles. The van der Waals surface area contributed by atoms with E-state index in [4.69, 9.17) is 0 Å². The Labute approximate surface area is 131 Å². The van der Waals surface area contributed by atoms with Crippen LogP contribution in [0.15, 0.2) is 59.5 Å². The van der Waals surface area contributed by atoms with E-state index in [1.807, 2.05) is 37.0 Å². The molecule has 2 N–H and O–H groups in total. The molecule has 2 rings (SSSR count). The highest BCUT2D eigenvalue weighted by Gasteiger charge is 2.28. The lowest BCUT2D eigenvalue weighted by molar-refractivity contribution is 0.165. The largest absolute Gasteiger partial charge is 0.394 e. The molecule has 21 heavy (non-hydrogen) atoms. The van der Waals surface area contributed by atoms with Crippen LogP contribution in [0.5, 0.6) is 0 Å². The maximum atomic E-state index is 9.90. The van der Waals surface area contributed by atoms with Crippen molar-refractivity contribution in [2.45, 2.75) is 23.8 Å². The number of benzene rings is 2. The normalized spacial score (nSPS) is 13.9. The first-order valence-corrected chi connectivity index (χ1v) is 8.23. The molecule has 0 saturated heterocycles. The monoisotopic (exact) mass is 301 g/mol. The fourth-order valence-electron chi connectivity index (χ4n) is 2.47. The number of rotatable bonds is 7. The van der Waals surface area contributed by atoms with Gasteiger partial charge in [-0.1, -0.05) is 48.0 Å². The third-order valence-electron chi connectivity index (χ3n) is 3.86. The molecule has 112 valence electrons. The Morgan fingerprint density at radius 1 is 1.10 bits per heavy atom. The summed E-state index contributed by atoms with van der Waals surface area (Å²) < 4.78 is 0. The third-order valence-corrected chi connectivity index (χ3v) is 4.86. The Hall–Kier alpha value is -1.29. The van der Waals surface area contributed by atoms with Crippen LogP contribution in [0.2, 0.25) is 0 Å². The van der Waals surface area contributed by atoms with Crippen LogP contribution in [0.4, 0.5) is 0 Å². The van der Waals surface area contributed by atoms with Gasteiger partial charge in [-0.25, -0.2) is 0 Å². The first kappa shape index (κ1) is 16.1. The number of aliphatic hydroxyl groups excluding tert-OH is 1. The number of hydrogen-bond acceptors (Lipinski definition) is 3. The zero-order chi connectivity index (χ0) is 15.1. The maximum Gasteiger partial charge on any atom is 0.0674 e. The van der Waals surface area contributed by atoms with Gasteiger partial charge in [0.2, 0.25) is 0 Å². The average Bonchev–Trinajstić information content (AvgIpc) is 2.53.